The molecule has 1 aliphatic heterocycles. The van der Waals surface area contributed by atoms with Crippen molar-refractivity contribution < 1.29 is 4.39 Å². The number of halogens is 1. The van der Waals surface area contributed by atoms with E-state index in [-0.39, 0.29) is 0 Å². The van der Waals surface area contributed by atoms with Crippen LogP contribution in [0.1, 0.15) is 0 Å². The molecule has 7 heteroatoms. The molecule has 0 N–H and O–H groups in total. The van der Waals surface area contributed by atoms with Crippen LogP contribution in [0.2, 0.25) is 0 Å². The number of fused-ring (bicyclic) bond motifs is 1. The summed E-state index contributed by atoms with van der Waals surface area (Å²) in [5.74, 6) is 1.03. The van der Waals surface area contributed by atoms with Crippen LogP contribution < -0.4 is 9.80 Å². The summed E-state index contributed by atoms with van der Waals surface area (Å²) in [5.41, 5.74) is 1.80. The first-order chi connectivity index (χ1) is 11.3. The summed E-state index contributed by atoms with van der Waals surface area (Å²) in [7, 11) is 0. The van der Waals surface area contributed by atoms with E-state index in [0.29, 0.717) is 5.95 Å². The summed E-state index contributed by atoms with van der Waals surface area (Å²) in [5, 5.41) is 0. The van der Waals surface area contributed by atoms with Crippen LogP contribution in [0.3, 0.4) is 0 Å². The highest BCUT2D eigenvalue weighted by Gasteiger charge is 2.20. The van der Waals surface area contributed by atoms with E-state index in [2.05, 4.69) is 24.8 Å². The Balaban J connectivity index is 1.49. The molecule has 0 amide bonds. The number of benzene rings is 1. The Morgan fingerprint density at radius 2 is 1.43 bits per heavy atom. The molecule has 1 aliphatic rings. The van der Waals surface area contributed by atoms with Gasteiger partial charge in [0.2, 0.25) is 5.95 Å². The molecule has 0 radical (unpaired) electrons. The normalized spacial score (nSPS) is 15.2. The van der Waals surface area contributed by atoms with E-state index in [4.69, 9.17) is 0 Å². The van der Waals surface area contributed by atoms with Crippen LogP contribution in [0.5, 0.6) is 0 Å². The van der Waals surface area contributed by atoms with Crippen LogP contribution in [0, 0.1) is 5.82 Å². The molecule has 1 aromatic carbocycles. The minimum absolute atomic E-state index is 0.418. The van der Waals surface area contributed by atoms with Gasteiger partial charge in [-0.25, -0.2) is 19.3 Å². The fourth-order valence-corrected chi connectivity index (χ4v) is 2.70. The standard InChI is InChI=1S/C16H15FN6/c17-12-9-19-16(20-10-12)23-7-5-22(6-8-23)15-11-18-13-3-1-2-4-14(13)21-15/h1-4,9-11H,5-8H2. The molecule has 116 valence electrons. The molecule has 6 nitrogen and oxygen atoms in total. The second-order valence-electron chi connectivity index (χ2n) is 5.39. The Morgan fingerprint density at radius 1 is 0.783 bits per heavy atom. The number of anilines is 2. The van der Waals surface area contributed by atoms with Gasteiger partial charge in [-0.2, -0.15) is 0 Å². The number of rotatable bonds is 2. The zero-order valence-corrected chi connectivity index (χ0v) is 12.4. The van der Waals surface area contributed by atoms with Gasteiger partial charge in [-0.15, -0.1) is 0 Å². The minimum atomic E-state index is -0.418. The molecule has 0 aliphatic carbocycles. The van der Waals surface area contributed by atoms with Gasteiger partial charge in [0.25, 0.3) is 0 Å². The number of nitrogens with zero attached hydrogens (tertiary/aromatic N) is 6. The fraction of sp³-hybridized carbons (Fsp3) is 0.250. The van der Waals surface area contributed by atoms with Crippen molar-refractivity contribution in [2.24, 2.45) is 0 Å². The maximum atomic E-state index is 12.9. The zero-order valence-electron chi connectivity index (χ0n) is 12.4. The van der Waals surface area contributed by atoms with Gasteiger partial charge in [0.15, 0.2) is 5.82 Å². The van der Waals surface area contributed by atoms with Gasteiger partial charge < -0.3 is 9.80 Å². The van der Waals surface area contributed by atoms with Crippen molar-refractivity contribution in [1.82, 2.24) is 19.9 Å². The van der Waals surface area contributed by atoms with E-state index in [1.165, 1.54) is 12.4 Å². The van der Waals surface area contributed by atoms with Crippen molar-refractivity contribution in [2.75, 3.05) is 36.0 Å². The molecule has 0 saturated carbocycles. The predicted octanol–water partition coefficient (Wildman–Crippen LogP) is 1.89. The topological polar surface area (TPSA) is 58.0 Å². The quantitative estimate of drug-likeness (QED) is 0.720. The van der Waals surface area contributed by atoms with Gasteiger partial charge in [0.1, 0.15) is 5.82 Å². The van der Waals surface area contributed by atoms with Crippen molar-refractivity contribution in [3.63, 3.8) is 0 Å². The highest BCUT2D eigenvalue weighted by molar-refractivity contribution is 5.75. The number of hydrogen-bond donors (Lipinski definition) is 0. The maximum Gasteiger partial charge on any atom is 0.225 e. The van der Waals surface area contributed by atoms with Gasteiger partial charge in [0.05, 0.1) is 29.6 Å². The Bertz CT molecular complexity index is 814. The van der Waals surface area contributed by atoms with Crippen molar-refractivity contribution in [3.8, 4) is 0 Å². The molecule has 0 unspecified atom stereocenters. The largest absolute Gasteiger partial charge is 0.352 e. The number of para-hydroxylation sites is 2. The second-order valence-corrected chi connectivity index (χ2v) is 5.39. The smallest absolute Gasteiger partial charge is 0.225 e. The number of piperazine rings is 1. The van der Waals surface area contributed by atoms with Gasteiger partial charge in [-0.1, -0.05) is 12.1 Å². The average Bonchev–Trinajstić information content (AvgIpc) is 2.62. The molecular weight excluding hydrogens is 295 g/mol. The third-order valence-electron chi connectivity index (χ3n) is 3.93. The molecule has 0 bridgehead atoms. The monoisotopic (exact) mass is 310 g/mol. The molecule has 4 rings (SSSR count). The number of hydrogen-bond acceptors (Lipinski definition) is 6. The summed E-state index contributed by atoms with van der Waals surface area (Å²) < 4.78 is 12.9. The summed E-state index contributed by atoms with van der Waals surface area (Å²) in [6.45, 7) is 3.13. The SMILES string of the molecule is Fc1cnc(N2CCN(c3cnc4ccccc4n3)CC2)nc1. The summed E-state index contributed by atoms with van der Waals surface area (Å²) in [6, 6.07) is 7.84. The Kier molecular flexibility index (Phi) is 3.45. The molecule has 23 heavy (non-hydrogen) atoms. The van der Waals surface area contributed by atoms with Crippen LogP contribution in [0.4, 0.5) is 16.2 Å². The van der Waals surface area contributed by atoms with Crippen molar-refractivity contribution in [1.29, 1.82) is 0 Å². The van der Waals surface area contributed by atoms with E-state index < -0.39 is 5.82 Å². The van der Waals surface area contributed by atoms with Gasteiger partial charge >= 0.3 is 0 Å². The van der Waals surface area contributed by atoms with Crippen LogP contribution in [0.25, 0.3) is 11.0 Å². The van der Waals surface area contributed by atoms with Crippen LogP contribution in [-0.2, 0) is 0 Å². The lowest BCUT2D eigenvalue weighted by atomic mass is 10.3. The average molecular weight is 310 g/mol. The highest BCUT2D eigenvalue weighted by atomic mass is 19.1. The Hall–Kier alpha value is -2.83. The first-order valence-electron chi connectivity index (χ1n) is 7.49. The lowest BCUT2D eigenvalue weighted by Crippen LogP contribution is -2.47. The number of aromatic nitrogens is 4. The van der Waals surface area contributed by atoms with E-state index >= 15 is 0 Å². The lowest BCUT2D eigenvalue weighted by Gasteiger charge is -2.35. The molecule has 0 atom stereocenters. The van der Waals surface area contributed by atoms with Crippen molar-refractivity contribution in [2.45, 2.75) is 0 Å². The van der Waals surface area contributed by atoms with E-state index in [1.807, 2.05) is 35.4 Å². The zero-order chi connectivity index (χ0) is 15.6. The van der Waals surface area contributed by atoms with E-state index in [0.717, 1.165) is 43.0 Å². The van der Waals surface area contributed by atoms with Gasteiger partial charge in [0, 0.05) is 26.2 Å². The third kappa shape index (κ3) is 2.77. The Morgan fingerprint density at radius 3 is 2.17 bits per heavy atom. The summed E-state index contributed by atoms with van der Waals surface area (Å²) in [4.78, 5) is 21.4. The molecule has 2 aromatic heterocycles. The van der Waals surface area contributed by atoms with E-state index in [1.54, 1.807) is 0 Å². The molecular formula is C16H15FN6. The predicted molar refractivity (Wildman–Crippen MR) is 86.0 cm³/mol. The van der Waals surface area contributed by atoms with Crippen molar-refractivity contribution in [3.05, 3.63) is 48.7 Å². The van der Waals surface area contributed by atoms with Gasteiger partial charge in [-0.05, 0) is 12.1 Å². The molecule has 3 aromatic rings. The molecule has 0 spiro atoms. The first-order valence-corrected chi connectivity index (χ1v) is 7.49. The maximum absolute atomic E-state index is 12.9. The lowest BCUT2D eigenvalue weighted by molar-refractivity contribution is 0.601. The summed E-state index contributed by atoms with van der Waals surface area (Å²) in [6.07, 6.45) is 4.21. The molecule has 1 fully saturated rings. The first kappa shape index (κ1) is 13.8. The van der Waals surface area contributed by atoms with Crippen LogP contribution >= 0.6 is 0 Å². The molecule has 3 heterocycles. The van der Waals surface area contributed by atoms with Crippen LogP contribution in [0.15, 0.2) is 42.9 Å². The van der Waals surface area contributed by atoms with Gasteiger partial charge in [-0.3, -0.25) is 4.98 Å². The highest BCUT2D eigenvalue weighted by Crippen LogP contribution is 2.18. The minimum Gasteiger partial charge on any atom is -0.352 e. The molecule has 1 saturated heterocycles. The van der Waals surface area contributed by atoms with Crippen LogP contribution in [-0.4, -0.2) is 46.1 Å². The third-order valence-corrected chi connectivity index (χ3v) is 3.93. The van der Waals surface area contributed by atoms with E-state index in [9.17, 15) is 4.39 Å². The Labute approximate surface area is 132 Å². The fourth-order valence-electron chi connectivity index (χ4n) is 2.70. The summed E-state index contributed by atoms with van der Waals surface area (Å²) >= 11 is 0. The van der Waals surface area contributed by atoms with Crippen molar-refractivity contribution >= 4 is 22.8 Å². The second kappa shape index (κ2) is 5.75.